The zero-order valence-corrected chi connectivity index (χ0v) is 13.0. The van der Waals surface area contributed by atoms with Gasteiger partial charge in [-0.05, 0) is 25.5 Å². The van der Waals surface area contributed by atoms with E-state index in [9.17, 15) is 13.6 Å². The van der Waals surface area contributed by atoms with Gasteiger partial charge in [0.15, 0.2) is 0 Å². The van der Waals surface area contributed by atoms with Crippen LogP contribution in [0.3, 0.4) is 0 Å². The number of anilines is 2. The Morgan fingerprint density at radius 1 is 1.22 bits per heavy atom. The van der Waals surface area contributed by atoms with Gasteiger partial charge in [0, 0.05) is 18.7 Å². The first kappa shape index (κ1) is 16.8. The van der Waals surface area contributed by atoms with E-state index in [1.165, 1.54) is 6.07 Å². The Balaban J connectivity index is 2.15. The van der Waals surface area contributed by atoms with Crippen LogP contribution in [0.1, 0.15) is 36.1 Å². The molecule has 2 aromatic rings. The van der Waals surface area contributed by atoms with Crippen molar-refractivity contribution in [1.82, 2.24) is 9.97 Å². The molecule has 0 spiro atoms. The highest BCUT2D eigenvalue weighted by atomic mass is 19.1. The van der Waals surface area contributed by atoms with Crippen LogP contribution in [0.4, 0.5) is 20.3 Å². The lowest BCUT2D eigenvalue weighted by molar-refractivity contribution is 0.102. The van der Waals surface area contributed by atoms with Crippen molar-refractivity contribution in [2.75, 3.05) is 17.2 Å². The monoisotopic (exact) mass is 320 g/mol. The molecule has 23 heavy (non-hydrogen) atoms. The maximum Gasteiger partial charge on any atom is 0.274 e. The van der Waals surface area contributed by atoms with Crippen LogP contribution in [0.25, 0.3) is 0 Å². The Hall–Kier alpha value is -2.57. The molecular formula is C16H18F2N4O. The number of nitrogens with one attached hydrogen (secondary N) is 2. The molecule has 122 valence electrons. The minimum Gasteiger partial charge on any atom is -0.370 e. The van der Waals surface area contributed by atoms with E-state index in [0.717, 1.165) is 31.5 Å². The first-order valence-corrected chi connectivity index (χ1v) is 7.35. The number of unbranched alkanes of at least 4 members (excludes halogenated alkanes) is 1. The third-order valence-corrected chi connectivity index (χ3v) is 3.09. The molecule has 5 nitrogen and oxygen atoms in total. The first-order valence-electron chi connectivity index (χ1n) is 7.35. The molecule has 0 aliphatic heterocycles. The van der Waals surface area contributed by atoms with Gasteiger partial charge < -0.3 is 10.6 Å². The molecule has 7 heteroatoms. The molecule has 2 N–H and O–H groups in total. The number of hydrogen-bond acceptors (Lipinski definition) is 4. The fraction of sp³-hybridized carbons (Fsp3) is 0.312. The number of amides is 1. The Labute approximate surface area is 133 Å². The van der Waals surface area contributed by atoms with Crippen molar-refractivity contribution in [2.45, 2.75) is 26.7 Å². The lowest BCUT2D eigenvalue weighted by Gasteiger charge is -2.09. The molecule has 0 bridgehead atoms. The predicted octanol–water partition coefficient (Wildman–Crippen LogP) is 3.53. The average Bonchev–Trinajstić information content (AvgIpc) is 2.50. The highest BCUT2D eigenvalue weighted by Crippen LogP contribution is 2.16. The summed E-state index contributed by atoms with van der Waals surface area (Å²) in [6, 6.07) is 4.44. The van der Waals surface area contributed by atoms with E-state index >= 15 is 0 Å². The second kappa shape index (κ2) is 7.62. The number of benzene rings is 1. The van der Waals surface area contributed by atoms with E-state index in [1.54, 1.807) is 6.92 Å². The molecule has 0 fully saturated rings. The molecule has 0 unspecified atom stereocenters. The Morgan fingerprint density at radius 2 is 2.00 bits per heavy atom. The van der Waals surface area contributed by atoms with E-state index in [4.69, 9.17) is 0 Å². The second-order valence-corrected chi connectivity index (χ2v) is 5.04. The van der Waals surface area contributed by atoms with Crippen LogP contribution in [0, 0.1) is 18.6 Å². The molecular weight excluding hydrogens is 302 g/mol. The highest BCUT2D eigenvalue weighted by molar-refractivity contribution is 6.03. The van der Waals surface area contributed by atoms with Gasteiger partial charge in [-0.1, -0.05) is 13.3 Å². The Kier molecular flexibility index (Phi) is 5.56. The van der Waals surface area contributed by atoms with Crippen molar-refractivity contribution in [3.05, 3.63) is 47.4 Å². The number of aryl methyl sites for hydroxylation is 1. The number of carbonyl (C=O) groups is 1. The van der Waals surface area contributed by atoms with E-state index in [-0.39, 0.29) is 11.4 Å². The van der Waals surface area contributed by atoms with Gasteiger partial charge in [0.05, 0.1) is 5.69 Å². The molecule has 2 rings (SSSR count). The van der Waals surface area contributed by atoms with Gasteiger partial charge in [0.25, 0.3) is 5.91 Å². The average molecular weight is 320 g/mol. The number of halogens is 2. The Morgan fingerprint density at radius 3 is 2.70 bits per heavy atom. The summed E-state index contributed by atoms with van der Waals surface area (Å²) in [5.74, 6) is -1.17. The number of rotatable bonds is 6. The van der Waals surface area contributed by atoms with Gasteiger partial charge in [0.1, 0.15) is 29.0 Å². The number of hydrogen-bond donors (Lipinski definition) is 2. The summed E-state index contributed by atoms with van der Waals surface area (Å²) >= 11 is 0. The van der Waals surface area contributed by atoms with Gasteiger partial charge in [-0.25, -0.2) is 18.7 Å². The van der Waals surface area contributed by atoms with Crippen LogP contribution < -0.4 is 10.6 Å². The minimum atomic E-state index is -0.842. The molecule has 0 aliphatic carbocycles. The zero-order chi connectivity index (χ0) is 16.8. The maximum atomic E-state index is 13.6. The van der Waals surface area contributed by atoms with E-state index in [2.05, 4.69) is 27.5 Å². The highest BCUT2D eigenvalue weighted by Gasteiger charge is 2.13. The summed E-state index contributed by atoms with van der Waals surface area (Å²) in [5, 5.41) is 5.49. The summed E-state index contributed by atoms with van der Waals surface area (Å²) in [6.07, 6.45) is 2.01. The predicted molar refractivity (Wildman–Crippen MR) is 84.5 cm³/mol. The SMILES string of the molecule is CCCCNc1cc(C(=O)Nc2ccc(F)cc2F)nc(C)n1. The quantitative estimate of drug-likeness (QED) is 0.799. The zero-order valence-electron chi connectivity index (χ0n) is 13.0. The molecule has 0 aliphatic rings. The van der Waals surface area contributed by atoms with Crippen molar-refractivity contribution in [1.29, 1.82) is 0 Å². The van der Waals surface area contributed by atoms with E-state index in [0.29, 0.717) is 17.7 Å². The van der Waals surface area contributed by atoms with Gasteiger partial charge in [0.2, 0.25) is 0 Å². The van der Waals surface area contributed by atoms with E-state index < -0.39 is 17.5 Å². The third-order valence-electron chi connectivity index (χ3n) is 3.09. The summed E-state index contributed by atoms with van der Waals surface area (Å²) in [4.78, 5) is 20.4. The largest absolute Gasteiger partial charge is 0.370 e. The van der Waals surface area contributed by atoms with Crippen LogP contribution >= 0.6 is 0 Å². The first-order chi connectivity index (χ1) is 11.0. The van der Waals surface area contributed by atoms with Crippen molar-refractivity contribution in [3.8, 4) is 0 Å². The van der Waals surface area contributed by atoms with Gasteiger partial charge in [-0.3, -0.25) is 4.79 Å². The molecule has 0 radical (unpaired) electrons. The molecule has 1 heterocycles. The smallest absolute Gasteiger partial charge is 0.274 e. The summed E-state index contributed by atoms with van der Waals surface area (Å²) < 4.78 is 26.5. The number of carbonyl (C=O) groups excluding carboxylic acids is 1. The summed E-state index contributed by atoms with van der Waals surface area (Å²) in [7, 11) is 0. The normalized spacial score (nSPS) is 10.4. The van der Waals surface area contributed by atoms with Crippen LogP contribution in [0.2, 0.25) is 0 Å². The van der Waals surface area contributed by atoms with Crippen LogP contribution in [-0.2, 0) is 0 Å². The van der Waals surface area contributed by atoms with E-state index in [1.807, 2.05) is 0 Å². The third kappa shape index (κ3) is 4.70. The lowest BCUT2D eigenvalue weighted by Crippen LogP contribution is -2.17. The molecule has 1 amide bonds. The van der Waals surface area contributed by atoms with Crippen molar-refractivity contribution in [2.24, 2.45) is 0 Å². The topological polar surface area (TPSA) is 66.9 Å². The van der Waals surface area contributed by atoms with Crippen LogP contribution in [0.15, 0.2) is 24.3 Å². The van der Waals surface area contributed by atoms with Crippen LogP contribution in [0.5, 0.6) is 0 Å². The van der Waals surface area contributed by atoms with Crippen LogP contribution in [-0.4, -0.2) is 22.4 Å². The minimum absolute atomic E-state index is 0.104. The Bertz CT molecular complexity index is 706. The molecule has 0 saturated carbocycles. The lowest BCUT2D eigenvalue weighted by atomic mass is 10.2. The number of nitrogens with zero attached hydrogens (tertiary/aromatic N) is 2. The standard InChI is InChI=1S/C16H18F2N4O/c1-3-4-7-19-15-9-14(20-10(2)21-15)16(23)22-13-6-5-11(17)8-12(13)18/h5-6,8-9H,3-4,7H2,1-2H3,(H,22,23)(H,19,20,21). The fourth-order valence-electron chi connectivity index (χ4n) is 1.95. The van der Waals surface area contributed by atoms with Crippen molar-refractivity contribution >= 4 is 17.4 Å². The fourth-order valence-corrected chi connectivity index (χ4v) is 1.95. The summed E-state index contributed by atoms with van der Waals surface area (Å²) in [6.45, 7) is 4.48. The number of aromatic nitrogens is 2. The van der Waals surface area contributed by atoms with Crippen molar-refractivity contribution < 1.29 is 13.6 Å². The molecule has 0 saturated heterocycles. The summed E-state index contributed by atoms with van der Waals surface area (Å²) in [5.41, 5.74) is 0.00776. The molecule has 1 aromatic heterocycles. The van der Waals surface area contributed by atoms with Crippen molar-refractivity contribution in [3.63, 3.8) is 0 Å². The van der Waals surface area contributed by atoms with Gasteiger partial charge in [-0.15, -0.1) is 0 Å². The molecule has 1 aromatic carbocycles. The molecule has 0 atom stereocenters. The van der Waals surface area contributed by atoms with Gasteiger partial charge >= 0.3 is 0 Å². The second-order valence-electron chi connectivity index (χ2n) is 5.04. The van der Waals surface area contributed by atoms with Gasteiger partial charge in [-0.2, -0.15) is 0 Å². The maximum absolute atomic E-state index is 13.6.